The topological polar surface area (TPSA) is 113 Å². The van der Waals surface area contributed by atoms with Gasteiger partial charge in [0.1, 0.15) is 25.1 Å². The summed E-state index contributed by atoms with van der Waals surface area (Å²) in [6, 6.07) is 6.32. The molecule has 0 saturated carbocycles. The number of likely N-dealkylation sites (N-methyl/N-ethyl adjacent to an activating group) is 1. The van der Waals surface area contributed by atoms with E-state index in [1.54, 1.807) is 38.1 Å². The van der Waals surface area contributed by atoms with E-state index >= 15 is 0 Å². The van der Waals surface area contributed by atoms with Gasteiger partial charge in [0.05, 0.1) is 10.9 Å². The maximum atomic E-state index is 11.9. The third kappa shape index (κ3) is 4.63. The Labute approximate surface area is 138 Å². The fraction of sp³-hybridized carbons (Fsp3) is 0.375. The van der Waals surface area contributed by atoms with Gasteiger partial charge in [0, 0.05) is 6.54 Å². The normalized spacial score (nSPS) is 11.9. The molecule has 0 aliphatic carbocycles. The molecule has 0 bridgehead atoms. The second-order valence-electron chi connectivity index (χ2n) is 5.21. The molecule has 2 amide bonds. The molecule has 2 rings (SSSR count). The maximum absolute atomic E-state index is 11.9. The van der Waals surface area contributed by atoms with E-state index in [1.807, 2.05) is 0 Å². The van der Waals surface area contributed by atoms with Crippen molar-refractivity contribution in [2.75, 3.05) is 13.2 Å². The molecule has 2 aromatic rings. The summed E-state index contributed by atoms with van der Waals surface area (Å²) in [6.07, 6.45) is 0. The Kier molecular flexibility index (Phi) is 6.02. The number of nitrogens with one attached hydrogen (secondary N) is 3. The Morgan fingerprint density at radius 3 is 2.83 bits per heavy atom. The number of H-pyrrole nitrogens is 1. The van der Waals surface area contributed by atoms with Gasteiger partial charge in [-0.1, -0.05) is 12.1 Å². The van der Waals surface area contributed by atoms with Gasteiger partial charge in [-0.3, -0.25) is 14.4 Å². The first kappa shape index (κ1) is 17.6. The summed E-state index contributed by atoms with van der Waals surface area (Å²) >= 11 is 0. The Morgan fingerprint density at radius 2 is 2.08 bits per heavy atom. The van der Waals surface area contributed by atoms with E-state index in [4.69, 9.17) is 4.74 Å². The molecular weight excluding hydrogens is 312 g/mol. The van der Waals surface area contributed by atoms with Crippen molar-refractivity contribution in [3.8, 4) is 0 Å². The van der Waals surface area contributed by atoms with E-state index in [9.17, 15) is 14.4 Å². The van der Waals surface area contributed by atoms with Crippen LogP contribution in [-0.4, -0.2) is 41.0 Å². The van der Waals surface area contributed by atoms with Crippen molar-refractivity contribution in [2.45, 2.75) is 26.5 Å². The zero-order valence-corrected chi connectivity index (χ0v) is 13.6. The molecule has 8 nitrogen and oxygen atoms in total. The summed E-state index contributed by atoms with van der Waals surface area (Å²) in [5.74, 6) is -0.341. The second-order valence-corrected chi connectivity index (χ2v) is 5.21. The third-order valence-electron chi connectivity index (χ3n) is 3.26. The van der Waals surface area contributed by atoms with Crippen LogP contribution < -0.4 is 16.2 Å². The number of hydrogen-bond acceptors (Lipinski definition) is 5. The highest BCUT2D eigenvalue weighted by atomic mass is 16.5. The van der Waals surface area contributed by atoms with E-state index in [1.165, 1.54) is 0 Å². The van der Waals surface area contributed by atoms with E-state index in [-0.39, 0.29) is 24.7 Å². The molecule has 0 aliphatic rings. The molecule has 1 heterocycles. The number of rotatable bonds is 7. The minimum absolute atomic E-state index is 0.0109. The highest BCUT2D eigenvalue weighted by Crippen LogP contribution is 2.05. The molecule has 0 spiro atoms. The fourth-order valence-electron chi connectivity index (χ4n) is 2.12. The molecule has 0 saturated heterocycles. The van der Waals surface area contributed by atoms with E-state index < -0.39 is 11.9 Å². The van der Waals surface area contributed by atoms with E-state index in [0.29, 0.717) is 23.3 Å². The molecule has 1 aromatic carbocycles. The summed E-state index contributed by atoms with van der Waals surface area (Å²) in [4.78, 5) is 42.0. The van der Waals surface area contributed by atoms with Crippen LogP contribution in [0.15, 0.2) is 29.1 Å². The van der Waals surface area contributed by atoms with Gasteiger partial charge < -0.3 is 20.4 Å². The van der Waals surface area contributed by atoms with Crippen molar-refractivity contribution in [3.63, 3.8) is 0 Å². The minimum atomic E-state index is -0.639. The molecule has 128 valence electrons. The van der Waals surface area contributed by atoms with Gasteiger partial charge in [0.25, 0.3) is 5.56 Å². The van der Waals surface area contributed by atoms with Crippen LogP contribution in [0.2, 0.25) is 0 Å². The Hall–Kier alpha value is -2.74. The van der Waals surface area contributed by atoms with E-state index in [0.717, 1.165) is 0 Å². The van der Waals surface area contributed by atoms with Crippen molar-refractivity contribution in [1.29, 1.82) is 0 Å². The van der Waals surface area contributed by atoms with Gasteiger partial charge in [-0.25, -0.2) is 4.98 Å². The zero-order valence-electron chi connectivity index (χ0n) is 13.6. The van der Waals surface area contributed by atoms with Crippen LogP contribution in [0.1, 0.15) is 19.7 Å². The van der Waals surface area contributed by atoms with Crippen LogP contribution in [-0.2, 0) is 20.9 Å². The smallest absolute Gasteiger partial charge is 0.258 e. The highest BCUT2D eigenvalue weighted by Gasteiger charge is 2.14. The van der Waals surface area contributed by atoms with Gasteiger partial charge in [-0.2, -0.15) is 0 Å². The maximum Gasteiger partial charge on any atom is 0.258 e. The van der Waals surface area contributed by atoms with Crippen LogP contribution >= 0.6 is 0 Å². The predicted molar refractivity (Wildman–Crippen MR) is 88.3 cm³/mol. The van der Waals surface area contributed by atoms with Crippen LogP contribution in [0, 0.1) is 0 Å². The highest BCUT2D eigenvalue weighted by molar-refractivity contribution is 5.87. The van der Waals surface area contributed by atoms with Crippen LogP contribution in [0.5, 0.6) is 0 Å². The summed E-state index contributed by atoms with van der Waals surface area (Å²) < 4.78 is 5.25. The fourth-order valence-corrected chi connectivity index (χ4v) is 2.12. The zero-order chi connectivity index (χ0) is 17.5. The summed E-state index contributed by atoms with van der Waals surface area (Å²) in [7, 11) is 0. The number of fused-ring (bicyclic) bond motifs is 1. The number of carbonyl (C=O) groups is 2. The first-order valence-electron chi connectivity index (χ1n) is 7.64. The number of hydrogen-bond donors (Lipinski definition) is 3. The predicted octanol–water partition coefficient (Wildman–Crippen LogP) is 0.0805. The summed E-state index contributed by atoms with van der Waals surface area (Å²) in [6.45, 7) is 3.64. The first-order chi connectivity index (χ1) is 11.5. The standard InChI is InChI=1S/C16H20N4O4/c1-3-17-15(22)10(2)18-14(21)9-24-8-13-19-12-7-5-4-6-11(12)16(23)20-13/h4-7,10H,3,8-9H2,1-2H3,(H,17,22)(H,18,21)(H,19,20,23)/t10-/m1/s1. The average molecular weight is 332 g/mol. The SMILES string of the molecule is CCNC(=O)[C@@H](C)NC(=O)COCc1nc2ccccc2c(=O)[nH]1. The molecule has 8 heteroatoms. The van der Waals surface area contributed by atoms with Gasteiger partial charge in [-0.15, -0.1) is 0 Å². The molecule has 0 radical (unpaired) electrons. The molecule has 3 N–H and O–H groups in total. The minimum Gasteiger partial charge on any atom is -0.364 e. The molecule has 0 unspecified atom stereocenters. The number of aromatic amines is 1. The quantitative estimate of drug-likeness (QED) is 0.664. The largest absolute Gasteiger partial charge is 0.364 e. The molecule has 1 atom stereocenters. The van der Waals surface area contributed by atoms with Crippen molar-refractivity contribution in [1.82, 2.24) is 20.6 Å². The average Bonchev–Trinajstić information content (AvgIpc) is 2.55. The van der Waals surface area contributed by atoms with Gasteiger partial charge in [-0.05, 0) is 26.0 Å². The van der Waals surface area contributed by atoms with Crippen molar-refractivity contribution in [2.24, 2.45) is 0 Å². The van der Waals surface area contributed by atoms with Gasteiger partial charge in [0.2, 0.25) is 11.8 Å². The summed E-state index contributed by atoms with van der Waals surface area (Å²) in [5, 5.41) is 5.63. The molecule has 0 fully saturated rings. The third-order valence-corrected chi connectivity index (χ3v) is 3.26. The molecular formula is C16H20N4O4. The van der Waals surface area contributed by atoms with E-state index in [2.05, 4.69) is 20.6 Å². The lowest BCUT2D eigenvalue weighted by atomic mass is 10.2. The van der Waals surface area contributed by atoms with Crippen LogP contribution in [0.25, 0.3) is 10.9 Å². The lowest BCUT2D eigenvalue weighted by Gasteiger charge is -2.13. The Balaban J connectivity index is 1.87. The van der Waals surface area contributed by atoms with Crippen LogP contribution in [0.4, 0.5) is 0 Å². The lowest BCUT2D eigenvalue weighted by molar-refractivity contribution is -0.131. The number of amides is 2. The summed E-state index contributed by atoms with van der Waals surface area (Å²) in [5.41, 5.74) is 0.308. The number of nitrogens with zero attached hydrogens (tertiary/aromatic N) is 1. The number of aromatic nitrogens is 2. The number of carbonyl (C=O) groups excluding carboxylic acids is 2. The van der Waals surface area contributed by atoms with Crippen LogP contribution in [0.3, 0.4) is 0 Å². The molecule has 0 aliphatic heterocycles. The van der Waals surface area contributed by atoms with Crippen molar-refractivity contribution >= 4 is 22.7 Å². The number of ether oxygens (including phenoxy) is 1. The first-order valence-corrected chi connectivity index (χ1v) is 7.64. The Bertz CT molecular complexity index is 787. The monoisotopic (exact) mass is 332 g/mol. The molecule has 1 aromatic heterocycles. The lowest BCUT2D eigenvalue weighted by Crippen LogP contribution is -2.45. The second kappa shape index (κ2) is 8.21. The number of para-hydroxylation sites is 1. The van der Waals surface area contributed by atoms with Gasteiger partial charge in [0.15, 0.2) is 0 Å². The van der Waals surface area contributed by atoms with Gasteiger partial charge >= 0.3 is 0 Å². The Morgan fingerprint density at radius 1 is 1.33 bits per heavy atom. The van der Waals surface area contributed by atoms with Crippen molar-refractivity contribution in [3.05, 3.63) is 40.4 Å². The molecule has 24 heavy (non-hydrogen) atoms. The number of benzene rings is 1. The van der Waals surface area contributed by atoms with Crippen molar-refractivity contribution < 1.29 is 14.3 Å².